The van der Waals surface area contributed by atoms with Crippen LogP contribution in [0.15, 0.2) is 24.3 Å². The van der Waals surface area contributed by atoms with Crippen molar-refractivity contribution in [3.05, 3.63) is 29.8 Å². The van der Waals surface area contributed by atoms with Gasteiger partial charge in [-0.15, -0.1) is 0 Å². The Morgan fingerprint density at radius 3 is 2.56 bits per heavy atom. The average molecular weight is 286 g/mol. The van der Waals surface area contributed by atoms with Gasteiger partial charge in [-0.1, -0.05) is 34.1 Å². The van der Waals surface area contributed by atoms with Gasteiger partial charge in [0.15, 0.2) is 0 Å². The number of benzene rings is 1. The quantitative estimate of drug-likeness (QED) is 0.836. The van der Waals surface area contributed by atoms with E-state index in [1.165, 1.54) is 0 Å². The summed E-state index contributed by atoms with van der Waals surface area (Å²) >= 11 is 3.37. The Hall–Kier alpha value is -1.03. The highest BCUT2D eigenvalue weighted by Gasteiger charge is 2.16. The van der Waals surface area contributed by atoms with Crippen molar-refractivity contribution in [2.24, 2.45) is 0 Å². The Balaban J connectivity index is 2.70. The van der Waals surface area contributed by atoms with E-state index in [1.54, 1.807) is 0 Å². The van der Waals surface area contributed by atoms with Crippen molar-refractivity contribution in [3.63, 3.8) is 0 Å². The molecule has 4 heteroatoms. The number of carbonyl (C=O) groups excluding carboxylic acids is 1. The lowest BCUT2D eigenvalue weighted by Gasteiger charge is -2.20. The number of hydrogen-bond acceptors (Lipinski definition) is 2. The Labute approximate surface area is 104 Å². The molecule has 3 nitrogen and oxygen atoms in total. The summed E-state index contributed by atoms with van der Waals surface area (Å²) in [5.41, 5.74) is 1.31. The van der Waals surface area contributed by atoms with Crippen LogP contribution >= 0.6 is 15.9 Å². The minimum absolute atomic E-state index is 0.430. The van der Waals surface area contributed by atoms with Crippen LogP contribution in [0.4, 0.5) is 10.5 Å². The number of carbonyl (C=O) groups is 1. The van der Waals surface area contributed by atoms with Gasteiger partial charge in [-0.25, -0.2) is 4.79 Å². The molecule has 0 radical (unpaired) electrons. The topological polar surface area (TPSA) is 38.3 Å². The zero-order valence-electron chi connectivity index (χ0n) is 9.71. The fourth-order valence-electron chi connectivity index (χ4n) is 1.17. The van der Waals surface area contributed by atoms with Gasteiger partial charge in [0.25, 0.3) is 0 Å². The van der Waals surface area contributed by atoms with E-state index in [1.807, 2.05) is 45.0 Å². The van der Waals surface area contributed by atoms with E-state index in [9.17, 15) is 4.79 Å². The highest BCUT2D eigenvalue weighted by Crippen LogP contribution is 2.19. The SMILES string of the molecule is CC(C)(C)OC(=O)Nc1ccccc1CBr. The van der Waals surface area contributed by atoms with Gasteiger partial charge in [-0.05, 0) is 32.4 Å². The maximum absolute atomic E-state index is 11.5. The van der Waals surface area contributed by atoms with Gasteiger partial charge in [0.1, 0.15) is 5.60 Å². The first kappa shape index (κ1) is 13.0. The third kappa shape index (κ3) is 4.23. The van der Waals surface area contributed by atoms with Crippen molar-refractivity contribution in [3.8, 4) is 0 Å². The molecule has 1 N–H and O–H groups in total. The van der Waals surface area contributed by atoms with E-state index >= 15 is 0 Å². The van der Waals surface area contributed by atoms with Gasteiger partial charge in [-0.3, -0.25) is 5.32 Å². The fourth-order valence-corrected chi connectivity index (χ4v) is 1.66. The number of halogens is 1. The molecule has 1 amide bonds. The number of anilines is 1. The molecule has 0 saturated carbocycles. The first-order chi connectivity index (χ1) is 7.42. The first-order valence-corrected chi connectivity index (χ1v) is 6.18. The number of amides is 1. The lowest BCUT2D eigenvalue weighted by atomic mass is 10.2. The van der Waals surface area contributed by atoms with Gasteiger partial charge in [0.2, 0.25) is 0 Å². The van der Waals surface area contributed by atoms with Crippen molar-refractivity contribution in [2.45, 2.75) is 31.7 Å². The smallest absolute Gasteiger partial charge is 0.412 e. The van der Waals surface area contributed by atoms with Crippen molar-refractivity contribution in [1.29, 1.82) is 0 Å². The number of alkyl halides is 1. The van der Waals surface area contributed by atoms with Crippen LogP contribution in [-0.4, -0.2) is 11.7 Å². The summed E-state index contributed by atoms with van der Waals surface area (Å²) < 4.78 is 5.18. The van der Waals surface area contributed by atoms with E-state index in [0.717, 1.165) is 11.3 Å². The molecule has 1 rings (SSSR count). The monoisotopic (exact) mass is 285 g/mol. The van der Waals surface area contributed by atoms with Crippen LogP contribution in [0, 0.1) is 0 Å². The maximum Gasteiger partial charge on any atom is 0.412 e. The Morgan fingerprint density at radius 2 is 2.00 bits per heavy atom. The van der Waals surface area contributed by atoms with E-state index in [4.69, 9.17) is 4.74 Å². The number of nitrogens with one attached hydrogen (secondary N) is 1. The molecule has 0 saturated heterocycles. The normalized spacial score (nSPS) is 11.0. The van der Waals surface area contributed by atoms with Gasteiger partial charge < -0.3 is 4.74 Å². The van der Waals surface area contributed by atoms with Crippen LogP contribution in [0.25, 0.3) is 0 Å². The number of para-hydroxylation sites is 1. The molecule has 0 aliphatic heterocycles. The third-order valence-corrected chi connectivity index (χ3v) is 2.40. The van der Waals surface area contributed by atoms with Crippen molar-refractivity contribution in [1.82, 2.24) is 0 Å². The Morgan fingerprint density at radius 1 is 1.38 bits per heavy atom. The fraction of sp³-hybridized carbons (Fsp3) is 0.417. The predicted octanol–water partition coefficient (Wildman–Crippen LogP) is 3.93. The zero-order chi connectivity index (χ0) is 12.2. The summed E-state index contributed by atoms with van der Waals surface area (Å²) in [4.78, 5) is 11.5. The summed E-state index contributed by atoms with van der Waals surface area (Å²) in [5, 5.41) is 3.42. The molecule has 1 aromatic carbocycles. The van der Waals surface area contributed by atoms with Gasteiger partial charge in [-0.2, -0.15) is 0 Å². The molecule has 16 heavy (non-hydrogen) atoms. The molecule has 0 aromatic heterocycles. The molecule has 0 fully saturated rings. The molecule has 0 unspecified atom stereocenters. The summed E-state index contributed by atoms with van der Waals surface area (Å²) in [6, 6.07) is 7.59. The standard InChI is InChI=1S/C12H16BrNO2/c1-12(2,3)16-11(15)14-10-7-5-4-6-9(10)8-13/h4-7H,8H2,1-3H3,(H,14,15). The van der Waals surface area contributed by atoms with Crippen LogP contribution in [0.5, 0.6) is 0 Å². The van der Waals surface area contributed by atoms with Crippen LogP contribution in [0.3, 0.4) is 0 Å². The molecule has 0 heterocycles. The molecule has 0 spiro atoms. The summed E-state index contributed by atoms with van der Waals surface area (Å²) in [5.74, 6) is 0. The van der Waals surface area contributed by atoms with Crippen molar-refractivity contribution < 1.29 is 9.53 Å². The summed E-state index contributed by atoms with van der Waals surface area (Å²) in [6.07, 6.45) is -0.430. The van der Waals surface area contributed by atoms with Crippen LogP contribution in [-0.2, 0) is 10.1 Å². The highest BCUT2D eigenvalue weighted by molar-refractivity contribution is 9.08. The summed E-state index contributed by atoms with van der Waals surface area (Å²) in [7, 11) is 0. The predicted molar refractivity (Wildman–Crippen MR) is 68.9 cm³/mol. The van der Waals surface area contributed by atoms with E-state index in [-0.39, 0.29) is 0 Å². The molecule has 0 bridgehead atoms. The van der Waals surface area contributed by atoms with Crippen LogP contribution < -0.4 is 5.32 Å². The third-order valence-electron chi connectivity index (χ3n) is 1.80. The lowest BCUT2D eigenvalue weighted by molar-refractivity contribution is 0.0636. The molecular weight excluding hydrogens is 270 g/mol. The van der Waals surface area contributed by atoms with Gasteiger partial charge >= 0.3 is 6.09 Å². The van der Waals surface area contributed by atoms with Crippen molar-refractivity contribution >= 4 is 27.7 Å². The van der Waals surface area contributed by atoms with Crippen LogP contribution in [0.2, 0.25) is 0 Å². The maximum atomic E-state index is 11.5. The summed E-state index contributed by atoms with van der Waals surface area (Å²) in [6.45, 7) is 5.51. The van der Waals surface area contributed by atoms with Crippen LogP contribution in [0.1, 0.15) is 26.3 Å². The van der Waals surface area contributed by atoms with E-state index in [2.05, 4.69) is 21.2 Å². The Kier molecular flexibility index (Phi) is 4.35. The largest absolute Gasteiger partial charge is 0.444 e. The average Bonchev–Trinajstić information content (AvgIpc) is 2.15. The molecule has 88 valence electrons. The minimum Gasteiger partial charge on any atom is -0.444 e. The second kappa shape index (κ2) is 5.34. The number of ether oxygens (including phenoxy) is 1. The van der Waals surface area contributed by atoms with E-state index in [0.29, 0.717) is 5.33 Å². The second-order valence-corrected chi connectivity index (χ2v) is 4.98. The molecular formula is C12H16BrNO2. The minimum atomic E-state index is -0.479. The number of rotatable bonds is 2. The first-order valence-electron chi connectivity index (χ1n) is 5.06. The van der Waals surface area contributed by atoms with E-state index < -0.39 is 11.7 Å². The highest BCUT2D eigenvalue weighted by atomic mass is 79.9. The molecule has 0 aliphatic rings. The zero-order valence-corrected chi connectivity index (χ0v) is 11.3. The molecule has 0 aliphatic carbocycles. The number of hydrogen-bond donors (Lipinski definition) is 1. The Bertz CT molecular complexity index is 372. The van der Waals surface area contributed by atoms with Gasteiger partial charge in [0, 0.05) is 11.0 Å². The van der Waals surface area contributed by atoms with Crippen molar-refractivity contribution in [2.75, 3.05) is 5.32 Å². The molecule has 0 atom stereocenters. The molecule has 1 aromatic rings. The van der Waals surface area contributed by atoms with Gasteiger partial charge in [0.05, 0.1) is 0 Å². The lowest BCUT2D eigenvalue weighted by Crippen LogP contribution is -2.27. The second-order valence-electron chi connectivity index (χ2n) is 4.42.